The van der Waals surface area contributed by atoms with Gasteiger partial charge in [-0.1, -0.05) is 18.2 Å². The number of benzene rings is 2. The van der Waals surface area contributed by atoms with Gasteiger partial charge in [0.15, 0.2) is 0 Å². The molecule has 0 saturated carbocycles. The number of anilines is 1. The van der Waals surface area contributed by atoms with Crippen molar-refractivity contribution in [3.05, 3.63) is 65.9 Å². The first-order valence-electron chi connectivity index (χ1n) is 8.28. The summed E-state index contributed by atoms with van der Waals surface area (Å²) in [6.45, 7) is 1.28. The summed E-state index contributed by atoms with van der Waals surface area (Å²) in [6.07, 6.45) is 1.66. The number of carbonyl (C=O) groups excluding carboxylic acids is 1. The van der Waals surface area contributed by atoms with Crippen LogP contribution in [0.5, 0.6) is 0 Å². The first kappa shape index (κ1) is 16.4. The van der Waals surface area contributed by atoms with Crippen molar-refractivity contribution < 1.29 is 13.6 Å². The summed E-state index contributed by atoms with van der Waals surface area (Å²) in [4.78, 5) is 24.8. The van der Waals surface area contributed by atoms with Crippen molar-refractivity contribution in [2.75, 3.05) is 24.5 Å². The zero-order chi connectivity index (χ0) is 18.1. The number of nitrogens with zero attached hydrogens (tertiary/aromatic N) is 4. The van der Waals surface area contributed by atoms with Crippen LogP contribution in [-0.2, 0) is 11.3 Å². The van der Waals surface area contributed by atoms with Gasteiger partial charge in [-0.2, -0.15) is 0 Å². The molecule has 2 heterocycles. The highest BCUT2D eigenvalue weighted by Crippen LogP contribution is 2.19. The Hall–Kier alpha value is -3.09. The molecule has 0 radical (unpaired) electrons. The van der Waals surface area contributed by atoms with Crippen LogP contribution in [0.2, 0.25) is 0 Å². The fourth-order valence-corrected chi connectivity index (χ4v) is 3.03. The number of carbonyl (C=O) groups is 1. The molecule has 1 aromatic heterocycles. The first-order chi connectivity index (χ1) is 12.6. The van der Waals surface area contributed by atoms with Crippen LogP contribution in [0.25, 0.3) is 11.0 Å². The van der Waals surface area contributed by atoms with E-state index in [4.69, 9.17) is 0 Å². The third-order valence-corrected chi connectivity index (χ3v) is 4.45. The number of piperazine rings is 1. The normalized spacial score (nSPS) is 14.9. The third-order valence-electron chi connectivity index (χ3n) is 4.45. The molecule has 5 nitrogen and oxygen atoms in total. The lowest BCUT2D eigenvalue weighted by atomic mass is 10.1. The highest BCUT2D eigenvalue weighted by molar-refractivity contribution is 5.83. The average molecular weight is 354 g/mol. The minimum Gasteiger partial charge on any atom is -0.344 e. The van der Waals surface area contributed by atoms with Crippen molar-refractivity contribution in [3.63, 3.8) is 0 Å². The maximum atomic E-state index is 13.8. The summed E-state index contributed by atoms with van der Waals surface area (Å²) in [6, 6.07) is 11.0. The van der Waals surface area contributed by atoms with Crippen LogP contribution in [0, 0.1) is 11.6 Å². The van der Waals surface area contributed by atoms with Crippen molar-refractivity contribution >= 4 is 22.8 Å². The molecule has 3 aromatic rings. The van der Waals surface area contributed by atoms with E-state index in [-0.39, 0.29) is 19.0 Å². The SMILES string of the molecule is O=C1CN(c2cnc3ccccc3n2)CCN1Cc1ccc(F)cc1F. The quantitative estimate of drug-likeness (QED) is 0.726. The minimum absolute atomic E-state index is 0.127. The van der Waals surface area contributed by atoms with E-state index in [1.807, 2.05) is 29.2 Å². The van der Waals surface area contributed by atoms with Gasteiger partial charge in [-0.25, -0.2) is 13.8 Å². The summed E-state index contributed by atoms with van der Waals surface area (Å²) < 4.78 is 26.8. The molecule has 0 bridgehead atoms. The van der Waals surface area contributed by atoms with Crippen LogP contribution in [0.4, 0.5) is 14.6 Å². The topological polar surface area (TPSA) is 49.3 Å². The van der Waals surface area contributed by atoms with Gasteiger partial charge in [-0.3, -0.25) is 9.78 Å². The molecule has 7 heteroatoms. The molecule has 0 atom stereocenters. The molecule has 1 amide bonds. The molecular formula is C19H16F2N4O. The molecule has 26 heavy (non-hydrogen) atoms. The van der Waals surface area contributed by atoms with E-state index in [0.29, 0.717) is 24.5 Å². The van der Waals surface area contributed by atoms with Crippen LogP contribution < -0.4 is 4.90 Å². The summed E-state index contributed by atoms with van der Waals surface area (Å²) in [5.74, 6) is -0.752. The van der Waals surface area contributed by atoms with Gasteiger partial charge in [0.2, 0.25) is 5.91 Å². The van der Waals surface area contributed by atoms with Gasteiger partial charge < -0.3 is 9.80 Å². The zero-order valence-electron chi connectivity index (χ0n) is 13.9. The molecule has 132 valence electrons. The van der Waals surface area contributed by atoms with Crippen molar-refractivity contribution in [1.82, 2.24) is 14.9 Å². The fourth-order valence-electron chi connectivity index (χ4n) is 3.03. The number of fused-ring (bicyclic) bond motifs is 1. The van der Waals surface area contributed by atoms with Crippen LogP contribution in [0.3, 0.4) is 0 Å². The Morgan fingerprint density at radius 3 is 2.62 bits per heavy atom. The Kier molecular flexibility index (Phi) is 4.20. The third kappa shape index (κ3) is 3.20. The fraction of sp³-hybridized carbons (Fsp3) is 0.211. The van der Waals surface area contributed by atoms with Gasteiger partial charge in [-0.15, -0.1) is 0 Å². The van der Waals surface area contributed by atoms with Gasteiger partial charge in [0.25, 0.3) is 0 Å². The number of rotatable bonds is 3. The molecule has 1 aliphatic heterocycles. The predicted molar refractivity (Wildman–Crippen MR) is 93.5 cm³/mol. The molecule has 0 N–H and O–H groups in total. The summed E-state index contributed by atoms with van der Waals surface area (Å²) >= 11 is 0. The molecule has 2 aromatic carbocycles. The molecule has 0 unspecified atom stereocenters. The molecular weight excluding hydrogens is 338 g/mol. The second kappa shape index (κ2) is 6.67. The lowest BCUT2D eigenvalue weighted by molar-refractivity contribution is -0.131. The van der Waals surface area contributed by atoms with Crippen LogP contribution in [-0.4, -0.2) is 40.4 Å². The number of hydrogen-bond donors (Lipinski definition) is 0. The maximum Gasteiger partial charge on any atom is 0.242 e. The Bertz CT molecular complexity index is 979. The van der Waals surface area contributed by atoms with Crippen LogP contribution >= 0.6 is 0 Å². The zero-order valence-corrected chi connectivity index (χ0v) is 13.9. The number of para-hydroxylation sites is 2. The number of amides is 1. The van der Waals surface area contributed by atoms with Gasteiger partial charge in [0.1, 0.15) is 17.5 Å². The van der Waals surface area contributed by atoms with Gasteiger partial charge in [0, 0.05) is 31.3 Å². The Morgan fingerprint density at radius 1 is 1.04 bits per heavy atom. The van der Waals surface area contributed by atoms with Gasteiger partial charge in [-0.05, 0) is 18.2 Å². The second-order valence-electron chi connectivity index (χ2n) is 6.19. The highest BCUT2D eigenvalue weighted by atomic mass is 19.1. The van der Waals surface area contributed by atoms with Crippen molar-refractivity contribution in [2.45, 2.75) is 6.54 Å². The molecule has 0 spiro atoms. The van der Waals surface area contributed by atoms with E-state index in [1.54, 1.807) is 11.1 Å². The van der Waals surface area contributed by atoms with Crippen LogP contribution in [0.15, 0.2) is 48.7 Å². The van der Waals surface area contributed by atoms with E-state index in [0.717, 1.165) is 17.1 Å². The number of halogens is 2. The molecule has 1 fully saturated rings. The molecule has 0 aliphatic carbocycles. The Morgan fingerprint density at radius 2 is 1.85 bits per heavy atom. The van der Waals surface area contributed by atoms with E-state index >= 15 is 0 Å². The summed E-state index contributed by atoms with van der Waals surface area (Å²) in [7, 11) is 0. The maximum absolute atomic E-state index is 13.8. The lowest BCUT2D eigenvalue weighted by Crippen LogP contribution is -2.50. The molecule has 4 rings (SSSR count). The largest absolute Gasteiger partial charge is 0.344 e. The van der Waals surface area contributed by atoms with Gasteiger partial charge >= 0.3 is 0 Å². The van der Waals surface area contributed by atoms with E-state index in [9.17, 15) is 13.6 Å². The number of aromatic nitrogens is 2. The van der Waals surface area contributed by atoms with Gasteiger partial charge in [0.05, 0.1) is 23.8 Å². The standard InChI is InChI=1S/C19H16F2N4O/c20-14-6-5-13(15(21)9-14)11-25-8-7-24(12-19(25)26)18-10-22-16-3-1-2-4-17(16)23-18/h1-6,9-10H,7-8,11-12H2. The Labute approximate surface area is 148 Å². The monoisotopic (exact) mass is 354 g/mol. The molecule has 1 aliphatic rings. The molecule has 1 saturated heterocycles. The van der Waals surface area contributed by atoms with Crippen molar-refractivity contribution in [1.29, 1.82) is 0 Å². The average Bonchev–Trinajstić information content (AvgIpc) is 2.65. The lowest BCUT2D eigenvalue weighted by Gasteiger charge is -2.35. The summed E-state index contributed by atoms with van der Waals surface area (Å²) in [5.41, 5.74) is 1.87. The van der Waals surface area contributed by atoms with E-state index in [2.05, 4.69) is 9.97 Å². The van der Waals surface area contributed by atoms with E-state index in [1.165, 1.54) is 12.1 Å². The van der Waals surface area contributed by atoms with Crippen molar-refractivity contribution in [2.24, 2.45) is 0 Å². The highest BCUT2D eigenvalue weighted by Gasteiger charge is 2.25. The number of hydrogen-bond acceptors (Lipinski definition) is 4. The second-order valence-corrected chi connectivity index (χ2v) is 6.19. The Balaban J connectivity index is 1.48. The summed E-state index contributed by atoms with van der Waals surface area (Å²) in [5, 5.41) is 0. The predicted octanol–water partition coefficient (Wildman–Crippen LogP) is 2.76. The first-order valence-corrected chi connectivity index (χ1v) is 8.28. The smallest absolute Gasteiger partial charge is 0.242 e. The minimum atomic E-state index is -0.638. The van der Waals surface area contributed by atoms with Crippen LogP contribution in [0.1, 0.15) is 5.56 Å². The van der Waals surface area contributed by atoms with E-state index < -0.39 is 11.6 Å². The van der Waals surface area contributed by atoms with Crippen molar-refractivity contribution in [3.8, 4) is 0 Å².